The van der Waals surface area contributed by atoms with E-state index < -0.39 is 0 Å². The molecule has 1 rings (SSSR count). The van der Waals surface area contributed by atoms with Crippen LogP contribution < -0.4 is 5.32 Å². The van der Waals surface area contributed by atoms with Gasteiger partial charge in [0.15, 0.2) is 0 Å². The van der Waals surface area contributed by atoms with Crippen molar-refractivity contribution in [3.63, 3.8) is 0 Å². The van der Waals surface area contributed by atoms with Gasteiger partial charge in [0.1, 0.15) is 0 Å². The van der Waals surface area contributed by atoms with Gasteiger partial charge in [0.05, 0.1) is 16.3 Å². The van der Waals surface area contributed by atoms with Crippen LogP contribution in [0.3, 0.4) is 0 Å². The highest BCUT2D eigenvalue weighted by molar-refractivity contribution is 9.11. The fourth-order valence-electron chi connectivity index (χ4n) is 0.931. The third kappa shape index (κ3) is 3.90. The van der Waals surface area contributed by atoms with E-state index in [2.05, 4.69) is 33.4 Å². The van der Waals surface area contributed by atoms with Crippen molar-refractivity contribution in [3.8, 4) is 6.07 Å². The molecule has 1 atom stereocenters. The molecule has 0 saturated carbocycles. The number of nitrogens with one attached hydrogen (secondary N) is 1. The number of thiophene rings is 1. The fraction of sp³-hybridized carbons (Fsp3) is 0.444. The number of halogens is 1. The molecule has 4 heteroatoms. The number of nitrogens with zero attached hydrogens (tertiary/aromatic N) is 1. The number of hydrogen-bond donors (Lipinski definition) is 1. The second-order valence-corrected chi connectivity index (χ2v) is 5.40. The summed E-state index contributed by atoms with van der Waals surface area (Å²) < 4.78 is 1.15. The van der Waals surface area contributed by atoms with Crippen molar-refractivity contribution in [2.75, 3.05) is 0 Å². The lowest BCUT2D eigenvalue weighted by molar-refractivity contribution is 0.561. The average molecular weight is 259 g/mol. The van der Waals surface area contributed by atoms with Gasteiger partial charge in [-0.3, -0.25) is 0 Å². The van der Waals surface area contributed by atoms with Gasteiger partial charge in [-0.2, -0.15) is 5.26 Å². The molecule has 0 fully saturated rings. The molecule has 0 aliphatic rings. The number of nitriles is 1. The van der Waals surface area contributed by atoms with Crippen molar-refractivity contribution < 1.29 is 0 Å². The highest BCUT2D eigenvalue weighted by Gasteiger charge is 2.01. The van der Waals surface area contributed by atoms with E-state index in [0.717, 1.165) is 10.3 Å². The molecular formula is C9H11BrN2S. The summed E-state index contributed by atoms with van der Waals surface area (Å²) in [6, 6.07) is 6.53. The van der Waals surface area contributed by atoms with E-state index >= 15 is 0 Å². The molecule has 1 heterocycles. The standard InChI is InChI=1S/C9H11BrN2S/c1-7(4-5-11)12-6-8-2-3-9(10)13-8/h2-3,7,12H,4,6H2,1H3. The Morgan fingerprint density at radius 3 is 3.00 bits per heavy atom. The van der Waals surface area contributed by atoms with Crippen LogP contribution in [0.15, 0.2) is 15.9 Å². The lowest BCUT2D eigenvalue weighted by Crippen LogP contribution is -2.24. The average Bonchev–Trinajstić information content (AvgIpc) is 2.49. The molecule has 0 radical (unpaired) electrons. The molecule has 2 nitrogen and oxygen atoms in total. The summed E-state index contributed by atoms with van der Waals surface area (Å²) in [7, 11) is 0. The van der Waals surface area contributed by atoms with Crippen LogP contribution in [-0.2, 0) is 6.54 Å². The Kier molecular flexibility index (Phi) is 4.43. The smallest absolute Gasteiger partial charge is 0.0701 e. The van der Waals surface area contributed by atoms with Gasteiger partial charge >= 0.3 is 0 Å². The van der Waals surface area contributed by atoms with E-state index in [9.17, 15) is 0 Å². The van der Waals surface area contributed by atoms with Gasteiger partial charge in [-0.05, 0) is 35.0 Å². The minimum absolute atomic E-state index is 0.269. The molecule has 0 saturated heterocycles. The zero-order valence-corrected chi connectivity index (χ0v) is 9.78. The van der Waals surface area contributed by atoms with E-state index in [1.807, 2.05) is 13.0 Å². The Balaban J connectivity index is 2.31. The van der Waals surface area contributed by atoms with Crippen molar-refractivity contribution in [1.82, 2.24) is 5.32 Å². The summed E-state index contributed by atoms with van der Waals surface area (Å²) in [5, 5.41) is 11.7. The molecule has 0 amide bonds. The Bertz CT molecular complexity index is 303. The molecule has 1 aromatic rings. The van der Waals surface area contributed by atoms with E-state index in [0.29, 0.717) is 6.42 Å². The molecule has 70 valence electrons. The SMILES string of the molecule is CC(CC#N)NCc1ccc(Br)s1. The van der Waals surface area contributed by atoms with E-state index in [4.69, 9.17) is 5.26 Å². The number of hydrogen-bond acceptors (Lipinski definition) is 3. The maximum absolute atomic E-state index is 8.44. The molecule has 13 heavy (non-hydrogen) atoms. The van der Waals surface area contributed by atoms with Crippen molar-refractivity contribution in [2.24, 2.45) is 0 Å². The van der Waals surface area contributed by atoms with Crippen LogP contribution in [0, 0.1) is 11.3 Å². The largest absolute Gasteiger partial charge is 0.308 e. The Labute approximate surface area is 90.7 Å². The minimum atomic E-state index is 0.269. The quantitative estimate of drug-likeness (QED) is 0.902. The lowest BCUT2D eigenvalue weighted by Gasteiger charge is -2.07. The molecule has 0 spiro atoms. The van der Waals surface area contributed by atoms with Crippen LogP contribution in [-0.4, -0.2) is 6.04 Å². The van der Waals surface area contributed by atoms with Crippen LogP contribution in [0.5, 0.6) is 0 Å². The predicted octanol–water partition coefficient (Wildman–Crippen LogP) is 2.90. The van der Waals surface area contributed by atoms with Crippen molar-refractivity contribution in [1.29, 1.82) is 5.26 Å². The van der Waals surface area contributed by atoms with Crippen LogP contribution in [0.25, 0.3) is 0 Å². The van der Waals surface area contributed by atoms with Crippen LogP contribution in [0.4, 0.5) is 0 Å². The summed E-state index contributed by atoms with van der Waals surface area (Å²) in [6.45, 7) is 2.87. The fourth-order valence-corrected chi connectivity index (χ4v) is 2.36. The topological polar surface area (TPSA) is 35.8 Å². The molecule has 0 aromatic carbocycles. The molecular weight excluding hydrogens is 248 g/mol. The first kappa shape index (κ1) is 10.7. The molecule has 0 aliphatic heterocycles. The summed E-state index contributed by atoms with van der Waals surface area (Å²) in [5.74, 6) is 0. The first-order valence-corrected chi connectivity index (χ1v) is 5.68. The molecule has 1 unspecified atom stereocenters. The molecule has 1 N–H and O–H groups in total. The van der Waals surface area contributed by atoms with Gasteiger partial charge in [0.25, 0.3) is 0 Å². The first-order valence-electron chi connectivity index (χ1n) is 4.07. The van der Waals surface area contributed by atoms with Gasteiger partial charge in [-0.25, -0.2) is 0 Å². The zero-order valence-electron chi connectivity index (χ0n) is 7.38. The highest BCUT2D eigenvalue weighted by atomic mass is 79.9. The third-order valence-corrected chi connectivity index (χ3v) is 3.27. The summed E-state index contributed by atoms with van der Waals surface area (Å²) >= 11 is 5.13. The Morgan fingerprint density at radius 2 is 2.46 bits per heavy atom. The maximum atomic E-state index is 8.44. The van der Waals surface area contributed by atoms with E-state index in [1.165, 1.54) is 4.88 Å². The minimum Gasteiger partial charge on any atom is -0.308 e. The maximum Gasteiger partial charge on any atom is 0.0701 e. The predicted molar refractivity (Wildman–Crippen MR) is 58.6 cm³/mol. The van der Waals surface area contributed by atoms with Gasteiger partial charge < -0.3 is 5.32 Å². The van der Waals surface area contributed by atoms with Crippen molar-refractivity contribution >= 4 is 27.3 Å². The lowest BCUT2D eigenvalue weighted by atomic mass is 10.2. The second kappa shape index (κ2) is 5.38. The van der Waals surface area contributed by atoms with E-state index in [1.54, 1.807) is 11.3 Å². The molecule has 0 aliphatic carbocycles. The van der Waals surface area contributed by atoms with Gasteiger partial charge in [-0.1, -0.05) is 0 Å². The first-order chi connectivity index (χ1) is 6.22. The molecule has 1 aromatic heterocycles. The van der Waals surface area contributed by atoms with Crippen molar-refractivity contribution in [2.45, 2.75) is 25.9 Å². The van der Waals surface area contributed by atoms with Crippen LogP contribution in [0.2, 0.25) is 0 Å². The molecule has 0 bridgehead atoms. The zero-order chi connectivity index (χ0) is 9.68. The van der Waals surface area contributed by atoms with Crippen molar-refractivity contribution in [3.05, 3.63) is 20.8 Å². The summed E-state index contributed by atoms with van der Waals surface area (Å²) in [6.07, 6.45) is 0.562. The van der Waals surface area contributed by atoms with Gasteiger partial charge in [0.2, 0.25) is 0 Å². The third-order valence-electron chi connectivity index (χ3n) is 1.65. The van der Waals surface area contributed by atoms with Crippen LogP contribution in [0.1, 0.15) is 18.2 Å². The highest BCUT2D eigenvalue weighted by Crippen LogP contribution is 2.21. The van der Waals surface area contributed by atoms with Crippen LogP contribution >= 0.6 is 27.3 Å². The second-order valence-electron chi connectivity index (χ2n) is 2.85. The normalized spacial score (nSPS) is 12.4. The summed E-state index contributed by atoms with van der Waals surface area (Å²) in [4.78, 5) is 1.29. The van der Waals surface area contributed by atoms with E-state index in [-0.39, 0.29) is 6.04 Å². The number of rotatable bonds is 4. The Morgan fingerprint density at radius 1 is 1.69 bits per heavy atom. The monoisotopic (exact) mass is 258 g/mol. The Hall–Kier alpha value is -0.370. The van der Waals surface area contributed by atoms with Gasteiger partial charge in [-0.15, -0.1) is 11.3 Å². The van der Waals surface area contributed by atoms with Gasteiger partial charge in [0, 0.05) is 17.5 Å². The summed E-state index contributed by atoms with van der Waals surface area (Å²) in [5.41, 5.74) is 0.